The van der Waals surface area contributed by atoms with Crippen molar-refractivity contribution in [3.05, 3.63) is 0 Å². The molecule has 0 aliphatic carbocycles. The van der Waals surface area contributed by atoms with Gasteiger partial charge in [-0.25, -0.2) is 0 Å². The minimum atomic E-state index is -1.43. The van der Waals surface area contributed by atoms with Gasteiger partial charge in [-0.1, -0.05) is 0 Å². The van der Waals surface area contributed by atoms with Crippen LogP contribution in [0.3, 0.4) is 0 Å². The molecular formula is C24H44O10. The van der Waals surface area contributed by atoms with E-state index in [2.05, 4.69) is 0 Å². The van der Waals surface area contributed by atoms with Crippen LogP contribution < -0.4 is 0 Å². The SMILES string of the molecule is CCOCC(C)(COC)C(=O)OCC(C)(COC(=O)C(C)(COC)COC(C)(C)C)C(=O)OC. The molecule has 3 atom stereocenters. The monoisotopic (exact) mass is 492 g/mol. The maximum atomic E-state index is 13.0. The van der Waals surface area contributed by atoms with Gasteiger partial charge in [0.15, 0.2) is 0 Å². The summed E-state index contributed by atoms with van der Waals surface area (Å²) in [5, 5.41) is 0. The predicted octanol–water partition coefficient (Wildman–Crippen LogP) is 2.41. The van der Waals surface area contributed by atoms with Crippen LogP contribution in [-0.2, 0) is 47.5 Å². The van der Waals surface area contributed by atoms with Crippen molar-refractivity contribution in [2.24, 2.45) is 16.2 Å². The lowest BCUT2D eigenvalue weighted by Gasteiger charge is -2.33. The van der Waals surface area contributed by atoms with Crippen molar-refractivity contribution < 1.29 is 47.5 Å². The van der Waals surface area contributed by atoms with Crippen LogP contribution in [0.4, 0.5) is 0 Å². The summed E-state index contributed by atoms with van der Waals surface area (Å²) < 4.78 is 37.4. The molecule has 0 spiro atoms. The van der Waals surface area contributed by atoms with Crippen molar-refractivity contribution in [2.75, 3.05) is 67.6 Å². The molecule has 0 aromatic heterocycles. The fourth-order valence-corrected chi connectivity index (χ4v) is 2.86. The fourth-order valence-electron chi connectivity index (χ4n) is 2.86. The quantitative estimate of drug-likeness (QED) is 0.235. The summed E-state index contributed by atoms with van der Waals surface area (Å²) >= 11 is 0. The number of ether oxygens (including phenoxy) is 7. The summed E-state index contributed by atoms with van der Waals surface area (Å²) in [6, 6.07) is 0. The van der Waals surface area contributed by atoms with Crippen LogP contribution >= 0.6 is 0 Å². The van der Waals surface area contributed by atoms with Gasteiger partial charge in [-0.15, -0.1) is 0 Å². The van der Waals surface area contributed by atoms with E-state index in [1.807, 2.05) is 27.7 Å². The third-order valence-corrected chi connectivity index (χ3v) is 5.08. The van der Waals surface area contributed by atoms with Crippen LogP contribution in [0.5, 0.6) is 0 Å². The average molecular weight is 493 g/mol. The second kappa shape index (κ2) is 14.0. The van der Waals surface area contributed by atoms with Gasteiger partial charge >= 0.3 is 17.9 Å². The Morgan fingerprint density at radius 1 is 0.588 bits per heavy atom. The number of hydrogen-bond acceptors (Lipinski definition) is 10. The zero-order valence-electron chi connectivity index (χ0n) is 22.5. The van der Waals surface area contributed by atoms with E-state index in [0.29, 0.717) is 6.61 Å². The zero-order valence-corrected chi connectivity index (χ0v) is 22.5. The average Bonchev–Trinajstić information content (AvgIpc) is 2.77. The first-order valence-corrected chi connectivity index (χ1v) is 11.3. The standard InChI is InChI=1S/C24H44O10/c1-11-31-14-22(5,12-28-8)19(26)32-15-24(7,18(25)30-10)16-33-20(27)23(6,13-29-9)17-34-21(2,3)4/h11-17H2,1-10H3. The van der Waals surface area contributed by atoms with Crippen LogP contribution in [0.1, 0.15) is 48.5 Å². The Balaban J connectivity index is 5.45. The summed E-state index contributed by atoms with van der Waals surface area (Å²) in [4.78, 5) is 38.3. The van der Waals surface area contributed by atoms with Crippen molar-refractivity contribution in [2.45, 2.75) is 54.1 Å². The molecule has 10 heteroatoms. The highest BCUT2D eigenvalue weighted by Gasteiger charge is 2.44. The minimum Gasteiger partial charge on any atom is -0.468 e. The third-order valence-electron chi connectivity index (χ3n) is 5.08. The van der Waals surface area contributed by atoms with Gasteiger partial charge < -0.3 is 33.2 Å². The van der Waals surface area contributed by atoms with Crippen LogP contribution in [0.25, 0.3) is 0 Å². The van der Waals surface area contributed by atoms with Gasteiger partial charge in [0.2, 0.25) is 0 Å². The van der Waals surface area contributed by atoms with E-state index in [0.717, 1.165) is 0 Å². The highest BCUT2D eigenvalue weighted by Crippen LogP contribution is 2.27. The molecule has 0 aromatic carbocycles. The van der Waals surface area contributed by atoms with Gasteiger partial charge in [0.1, 0.15) is 29.5 Å². The Morgan fingerprint density at radius 3 is 1.35 bits per heavy atom. The normalized spacial score (nSPS) is 17.1. The van der Waals surface area contributed by atoms with Gasteiger partial charge in [0.25, 0.3) is 0 Å². The lowest BCUT2D eigenvalue weighted by Crippen LogP contribution is -2.46. The number of hydrogen-bond donors (Lipinski definition) is 0. The molecule has 0 bridgehead atoms. The Labute approximate surface area is 203 Å². The highest BCUT2D eigenvalue weighted by molar-refractivity contribution is 5.80. The third kappa shape index (κ3) is 10.2. The molecule has 10 nitrogen and oxygen atoms in total. The zero-order chi connectivity index (χ0) is 26.6. The largest absolute Gasteiger partial charge is 0.468 e. The minimum absolute atomic E-state index is 0.0542. The van der Waals surface area contributed by atoms with Crippen LogP contribution in [0, 0.1) is 16.2 Å². The van der Waals surface area contributed by atoms with Crippen LogP contribution in [0.2, 0.25) is 0 Å². The van der Waals surface area contributed by atoms with Crippen molar-refractivity contribution in [1.29, 1.82) is 0 Å². The van der Waals surface area contributed by atoms with Gasteiger partial charge in [0, 0.05) is 20.8 Å². The molecule has 3 unspecified atom stereocenters. The lowest BCUT2D eigenvalue weighted by molar-refractivity contribution is -0.180. The van der Waals surface area contributed by atoms with Gasteiger partial charge in [-0.2, -0.15) is 0 Å². The second-order valence-electron chi connectivity index (χ2n) is 10.2. The van der Waals surface area contributed by atoms with Gasteiger partial charge in [0.05, 0.1) is 39.1 Å². The molecule has 0 saturated heterocycles. The van der Waals surface area contributed by atoms with E-state index in [9.17, 15) is 14.4 Å². The van der Waals surface area contributed by atoms with Crippen LogP contribution in [-0.4, -0.2) is 91.1 Å². The molecule has 0 amide bonds. The summed E-state index contributed by atoms with van der Waals surface area (Å²) in [6.45, 7) is 12.2. The molecule has 0 fully saturated rings. The number of carbonyl (C=O) groups excluding carboxylic acids is 3. The Bertz CT molecular complexity index is 659. The first-order chi connectivity index (χ1) is 15.6. The topological polar surface area (TPSA) is 116 Å². The molecule has 0 aliphatic heterocycles. The molecule has 0 rings (SSSR count). The molecule has 200 valence electrons. The molecule has 0 aliphatic rings. The van der Waals surface area contributed by atoms with E-state index in [-0.39, 0.29) is 39.6 Å². The first kappa shape index (κ1) is 32.2. The number of esters is 3. The van der Waals surface area contributed by atoms with Crippen molar-refractivity contribution >= 4 is 17.9 Å². The maximum absolute atomic E-state index is 13.0. The molecule has 0 heterocycles. The van der Waals surface area contributed by atoms with Crippen molar-refractivity contribution in [1.82, 2.24) is 0 Å². The van der Waals surface area contributed by atoms with E-state index in [1.54, 1.807) is 13.8 Å². The molecule has 0 radical (unpaired) electrons. The molecular weight excluding hydrogens is 448 g/mol. The summed E-state index contributed by atoms with van der Waals surface area (Å²) in [5.41, 5.74) is -4.08. The van der Waals surface area contributed by atoms with Crippen molar-refractivity contribution in [3.63, 3.8) is 0 Å². The molecule has 0 saturated carbocycles. The van der Waals surface area contributed by atoms with Gasteiger partial charge in [-0.05, 0) is 48.5 Å². The van der Waals surface area contributed by atoms with Crippen molar-refractivity contribution in [3.8, 4) is 0 Å². The van der Waals surface area contributed by atoms with Crippen LogP contribution in [0.15, 0.2) is 0 Å². The molecule has 34 heavy (non-hydrogen) atoms. The molecule has 0 aromatic rings. The summed E-state index contributed by atoms with van der Waals surface area (Å²) in [7, 11) is 4.15. The molecule has 0 N–H and O–H groups in total. The number of methoxy groups -OCH3 is 3. The first-order valence-electron chi connectivity index (χ1n) is 11.3. The Hall–Kier alpha value is -1.75. The van der Waals surface area contributed by atoms with E-state index >= 15 is 0 Å². The summed E-state index contributed by atoms with van der Waals surface area (Å²) in [5.74, 6) is -1.90. The Morgan fingerprint density at radius 2 is 1.00 bits per heavy atom. The predicted molar refractivity (Wildman–Crippen MR) is 124 cm³/mol. The number of carbonyl (C=O) groups is 3. The fraction of sp³-hybridized carbons (Fsp3) is 0.875. The van der Waals surface area contributed by atoms with Gasteiger partial charge in [-0.3, -0.25) is 14.4 Å². The highest BCUT2D eigenvalue weighted by atomic mass is 16.6. The Kier molecular flexibility index (Phi) is 13.2. The maximum Gasteiger partial charge on any atom is 0.318 e. The smallest absolute Gasteiger partial charge is 0.318 e. The summed E-state index contributed by atoms with van der Waals surface area (Å²) in [6.07, 6.45) is 0. The lowest BCUT2D eigenvalue weighted by atomic mass is 9.90. The number of rotatable bonds is 16. The van der Waals surface area contributed by atoms with E-state index in [1.165, 1.54) is 28.3 Å². The van der Waals surface area contributed by atoms with E-state index < -0.39 is 39.8 Å². The second-order valence-corrected chi connectivity index (χ2v) is 10.2. The van der Waals surface area contributed by atoms with E-state index in [4.69, 9.17) is 33.2 Å².